The number of benzene rings is 1. The maximum atomic E-state index is 12.4. The maximum Gasteiger partial charge on any atom is 0.573 e. The molecule has 3 heterocycles. The van der Waals surface area contributed by atoms with Gasteiger partial charge in [0.2, 0.25) is 0 Å². The van der Waals surface area contributed by atoms with Crippen LogP contribution < -0.4 is 14.8 Å². The Morgan fingerprint density at radius 3 is 2.64 bits per heavy atom. The van der Waals surface area contributed by atoms with Crippen LogP contribution in [0, 0.1) is 5.92 Å². The van der Waals surface area contributed by atoms with Gasteiger partial charge in [0.05, 0.1) is 30.5 Å². The third-order valence-corrected chi connectivity index (χ3v) is 5.91. The van der Waals surface area contributed by atoms with E-state index in [1.165, 1.54) is 18.2 Å². The van der Waals surface area contributed by atoms with E-state index in [-0.39, 0.29) is 24.3 Å². The number of carbonyl (C=O) groups is 1. The highest BCUT2D eigenvalue weighted by Gasteiger charge is 2.47. The number of aromatic nitrogens is 2. The summed E-state index contributed by atoms with van der Waals surface area (Å²) in [4.78, 5) is 20.5. The van der Waals surface area contributed by atoms with Gasteiger partial charge in [0.1, 0.15) is 23.4 Å². The monoisotopic (exact) mass is 501 g/mol. The molecule has 2 N–H and O–H groups in total. The Morgan fingerprint density at radius 2 is 2.00 bits per heavy atom. The van der Waals surface area contributed by atoms with Gasteiger partial charge in [-0.2, -0.15) is 0 Å². The van der Waals surface area contributed by atoms with Crippen LogP contribution in [-0.4, -0.2) is 46.7 Å². The number of alkyl halides is 3. The molecule has 0 unspecified atom stereocenters. The fourth-order valence-electron chi connectivity index (χ4n) is 3.92. The van der Waals surface area contributed by atoms with E-state index in [0.29, 0.717) is 48.2 Å². The molecule has 2 aromatic heterocycles. The van der Waals surface area contributed by atoms with Crippen molar-refractivity contribution in [1.82, 2.24) is 9.97 Å². The molecule has 2 fully saturated rings. The van der Waals surface area contributed by atoms with Crippen molar-refractivity contribution in [1.29, 1.82) is 0 Å². The normalized spacial score (nSPS) is 19.3. The van der Waals surface area contributed by atoms with Crippen molar-refractivity contribution in [3.63, 3.8) is 0 Å². The molecule has 36 heavy (non-hydrogen) atoms. The first-order chi connectivity index (χ1) is 17.2. The van der Waals surface area contributed by atoms with Gasteiger partial charge in [0.15, 0.2) is 0 Å². The Labute approximate surface area is 204 Å². The van der Waals surface area contributed by atoms with Gasteiger partial charge >= 0.3 is 12.3 Å². The van der Waals surface area contributed by atoms with Gasteiger partial charge in [-0.1, -0.05) is 12.1 Å². The minimum absolute atomic E-state index is 0.0637. The van der Waals surface area contributed by atoms with E-state index >= 15 is 0 Å². The Morgan fingerprint density at radius 1 is 1.17 bits per heavy atom. The van der Waals surface area contributed by atoms with Crippen molar-refractivity contribution in [2.75, 3.05) is 18.5 Å². The Balaban J connectivity index is 1.27. The zero-order chi connectivity index (χ0) is 25.3. The summed E-state index contributed by atoms with van der Waals surface area (Å²) in [5.74, 6) is -0.715. The summed E-state index contributed by atoms with van der Waals surface area (Å²) in [6.07, 6.45) is -2.67. The molecule has 1 aliphatic heterocycles. The van der Waals surface area contributed by atoms with Crippen molar-refractivity contribution in [3.05, 3.63) is 66.0 Å². The van der Waals surface area contributed by atoms with Crippen LogP contribution in [0.15, 0.2) is 54.7 Å². The molecule has 1 aromatic carbocycles. The summed E-state index contributed by atoms with van der Waals surface area (Å²) in [5.41, 5.74) is 2.58. The van der Waals surface area contributed by atoms with E-state index in [0.717, 1.165) is 5.56 Å². The number of ether oxygens (including phenoxy) is 3. The number of anilines is 1. The fourth-order valence-corrected chi connectivity index (χ4v) is 3.92. The summed E-state index contributed by atoms with van der Waals surface area (Å²) in [5, 5.41) is 12.4. The summed E-state index contributed by atoms with van der Waals surface area (Å²) in [7, 11) is 0. The quantitative estimate of drug-likeness (QED) is 0.438. The third-order valence-electron chi connectivity index (χ3n) is 5.91. The average molecular weight is 501 g/mol. The molecular formula is C25H22F3N3O5. The zero-order valence-corrected chi connectivity index (χ0v) is 18.9. The van der Waals surface area contributed by atoms with Gasteiger partial charge in [-0.25, -0.2) is 9.97 Å². The molecule has 1 saturated heterocycles. The Hall–Kier alpha value is -3.86. The molecule has 1 aliphatic carbocycles. The number of carboxylic acids is 1. The lowest BCUT2D eigenvalue weighted by molar-refractivity contribution is -0.274. The highest BCUT2D eigenvalue weighted by atomic mass is 19.4. The average Bonchev–Trinajstić information content (AvgIpc) is 3.61. The zero-order valence-electron chi connectivity index (χ0n) is 18.9. The predicted molar refractivity (Wildman–Crippen MR) is 122 cm³/mol. The summed E-state index contributed by atoms with van der Waals surface area (Å²) in [6.45, 7) is 1.23. The largest absolute Gasteiger partial charge is 0.573 e. The number of nitrogens with one attached hydrogen (secondary N) is 1. The van der Waals surface area contributed by atoms with Crippen LogP contribution >= 0.6 is 0 Å². The van der Waals surface area contributed by atoms with Gasteiger partial charge in [0, 0.05) is 24.2 Å². The number of hydrogen-bond acceptors (Lipinski definition) is 7. The number of aliphatic carboxylic acids is 1. The highest BCUT2D eigenvalue weighted by Crippen LogP contribution is 2.50. The van der Waals surface area contributed by atoms with Crippen LogP contribution in [0.2, 0.25) is 0 Å². The molecular weight excluding hydrogens is 479 g/mol. The minimum atomic E-state index is -4.75. The smallest absolute Gasteiger partial charge is 0.484 e. The molecule has 188 valence electrons. The summed E-state index contributed by atoms with van der Waals surface area (Å²) in [6, 6.07) is 12.9. The first kappa shape index (κ1) is 23.9. The van der Waals surface area contributed by atoms with Crippen molar-refractivity contribution in [2.45, 2.75) is 31.3 Å². The van der Waals surface area contributed by atoms with E-state index in [2.05, 4.69) is 15.0 Å². The van der Waals surface area contributed by atoms with Gasteiger partial charge in [-0.3, -0.25) is 4.79 Å². The minimum Gasteiger partial charge on any atom is -0.484 e. The second-order valence-corrected chi connectivity index (χ2v) is 8.62. The molecule has 11 heteroatoms. The first-order valence-corrected chi connectivity index (χ1v) is 11.3. The molecule has 5 rings (SSSR count). The molecule has 0 amide bonds. The van der Waals surface area contributed by atoms with Crippen LogP contribution in [-0.2, 0) is 16.1 Å². The molecule has 1 saturated carbocycles. The topological polar surface area (TPSA) is 103 Å². The first-order valence-electron chi connectivity index (χ1n) is 11.3. The third kappa shape index (κ3) is 5.68. The molecule has 2 atom stereocenters. The second-order valence-electron chi connectivity index (χ2n) is 8.62. The number of pyridine rings is 2. The lowest BCUT2D eigenvalue weighted by Crippen LogP contribution is -2.38. The Bertz CT molecular complexity index is 1250. The number of carboxylic acid groups (broad SMARTS) is 1. The number of hydrogen-bond donors (Lipinski definition) is 2. The number of rotatable bonds is 9. The van der Waals surface area contributed by atoms with Crippen molar-refractivity contribution in [2.24, 2.45) is 5.92 Å². The predicted octanol–water partition coefficient (Wildman–Crippen LogP) is 4.62. The fraction of sp³-hybridized carbons (Fsp3) is 0.320. The summed E-state index contributed by atoms with van der Waals surface area (Å²) < 4.78 is 52.4. The molecule has 2 aliphatic rings. The number of nitrogens with zero attached hydrogens (tertiary/aromatic N) is 2. The summed E-state index contributed by atoms with van der Waals surface area (Å²) >= 11 is 0. The standard InChI is InChI=1S/C25H22F3N3O5/c26-25(27,28)36-16-3-1-2-14(8-16)10-29-22-7-4-15(11-30-22)20-5-6-21(35-17-12-34-13-17)23(31-20)18-9-19(18)24(32)33/h1-8,11,17-19H,9-10,12-13H2,(H,29,30)(H,32,33)/t18-,19-/m1/s1. The lowest BCUT2D eigenvalue weighted by atomic mass is 10.1. The van der Waals surface area contributed by atoms with Crippen molar-refractivity contribution in [3.8, 4) is 22.8 Å². The molecule has 0 bridgehead atoms. The van der Waals surface area contributed by atoms with E-state index in [1.807, 2.05) is 6.07 Å². The van der Waals surface area contributed by atoms with Gasteiger partial charge < -0.3 is 24.6 Å². The van der Waals surface area contributed by atoms with Crippen LogP contribution in [0.5, 0.6) is 11.5 Å². The van der Waals surface area contributed by atoms with E-state index in [9.17, 15) is 23.1 Å². The van der Waals surface area contributed by atoms with Gasteiger partial charge in [-0.05, 0) is 48.4 Å². The second kappa shape index (κ2) is 9.65. The molecule has 0 spiro atoms. The molecule has 3 aromatic rings. The molecule has 8 nitrogen and oxygen atoms in total. The highest BCUT2D eigenvalue weighted by molar-refractivity contribution is 5.75. The SMILES string of the molecule is O=C(O)[C@@H]1C[C@H]1c1nc(-c2ccc(NCc3cccc(OC(F)(F)F)c3)nc2)ccc1OC1COC1. The van der Waals surface area contributed by atoms with E-state index < -0.39 is 18.2 Å². The Kier molecular flexibility index (Phi) is 6.40. The lowest BCUT2D eigenvalue weighted by Gasteiger charge is -2.27. The van der Waals surface area contributed by atoms with Gasteiger partial charge in [-0.15, -0.1) is 13.2 Å². The van der Waals surface area contributed by atoms with Crippen molar-refractivity contribution >= 4 is 11.8 Å². The van der Waals surface area contributed by atoms with Crippen LogP contribution in [0.25, 0.3) is 11.3 Å². The van der Waals surface area contributed by atoms with Crippen LogP contribution in [0.4, 0.5) is 19.0 Å². The number of halogens is 3. The molecule has 0 radical (unpaired) electrons. The maximum absolute atomic E-state index is 12.4. The van der Waals surface area contributed by atoms with Crippen molar-refractivity contribution < 1.29 is 37.3 Å². The van der Waals surface area contributed by atoms with Crippen LogP contribution in [0.3, 0.4) is 0 Å². The van der Waals surface area contributed by atoms with E-state index in [1.54, 1.807) is 30.5 Å². The van der Waals surface area contributed by atoms with Crippen LogP contribution in [0.1, 0.15) is 23.6 Å². The van der Waals surface area contributed by atoms with E-state index in [4.69, 9.17) is 14.5 Å². The van der Waals surface area contributed by atoms with Gasteiger partial charge in [0.25, 0.3) is 0 Å².